The van der Waals surface area contributed by atoms with Crippen molar-refractivity contribution in [3.05, 3.63) is 77.4 Å². The minimum Gasteiger partial charge on any atom is -0.337 e. The van der Waals surface area contributed by atoms with Gasteiger partial charge in [0, 0.05) is 32.3 Å². The number of hydrogen-bond donors (Lipinski definition) is 1. The molecule has 1 aliphatic heterocycles. The van der Waals surface area contributed by atoms with Gasteiger partial charge in [0.05, 0.1) is 0 Å². The van der Waals surface area contributed by atoms with Crippen LogP contribution in [0.5, 0.6) is 0 Å². The van der Waals surface area contributed by atoms with Gasteiger partial charge in [-0.15, -0.1) is 0 Å². The minimum absolute atomic E-state index is 0.0982. The topological polar surface area (TPSA) is 32.3 Å². The summed E-state index contributed by atoms with van der Waals surface area (Å²) in [7, 11) is 0. The van der Waals surface area contributed by atoms with Gasteiger partial charge in [-0.25, -0.2) is 0 Å². The van der Waals surface area contributed by atoms with Crippen LogP contribution in [-0.2, 0) is 11.2 Å². The highest BCUT2D eigenvalue weighted by atomic mass is 16.2. The molecule has 3 nitrogen and oxygen atoms in total. The van der Waals surface area contributed by atoms with Crippen molar-refractivity contribution in [1.82, 2.24) is 10.2 Å². The molecular weight excluding hydrogens is 284 g/mol. The number of benzene rings is 2. The summed E-state index contributed by atoms with van der Waals surface area (Å²) in [4.78, 5) is 14.1. The third kappa shape index (κ3) is 4.30. The van der Waals surface area contributed by atoms with Crippen molar-refractivity contribution < 1.29 is 4.79 Å². The molecule has 0 unspecified atom stereocenters. The van der Waals surface area contributed by atoms with E-state index in [0.29, 0.717) is 0 Å². The van der Waals surface area contributed by atoms with Gasteiger partial charge in [-0.05, 0) is 29.2 Å². The number of amides is 1. The van der Waals surface area contributed by atoms with Crippen molar-refractivity contribution >= 4 is 12.0 Å². The highest BCUT2D eigenvalue weighted by molar-refractivity contribution is 5.92. The average Bonchev–Trinajstić information content (AvgIpc) is 2.62. The monoisotopic (exact) mass is 306 g/mol. The van der Waals surface area contributed by atoms with Crippen LogP contribution in [0.15, 0.2) is 60.7 Å². The van der Waals surface area contributed by atoms with E-state index in [4.69, 9.17) is 0 Å². The first-order valence-corrected chi connectivity index (χ1v) is 8.12. The zero-order chi connectivity index (χ0) is 15.9. The van der Waals surface area contributed by atoms with Crippen molar-refractivity contribution in [3.8, 4) is 0 Å². The summed E-state index contributed by atoms with van der Waals surface area (Å²) in [5, 5.41) is 3.26. The number of nitrogens with zero attached hydrogens (tertiary/aromatic N) is 1. The fraction of sp³-hybridized carbons (Fsp3) is 0.250. The molecule has 1 saturated heterocycles. The number of rotatable bonds is 4. The van der Waals surface area contributed by atoms with Gasteiger partial charge in [0.15, 0.2) is 0 Å². The van der Waals surface area contributed by atoms with E-state index in [9.17, 15) is 4.79 Å². The molecule has 1 heterocycles. The molecule has 0 saturated carbocycles. The fourth-order valence-corrected chi connectivity index (χ4v) is 2.83. The predicted molar refractivity (Wildman–Crippen MR) is 94.2 cm³/mol. The van der Waals surface area contributed by atoms with Crippen molar-refractivity contribution in [1.29, 1.82) is 0 Å². The van der Waals surface area contributed by atoms with Crippen LogP contribution >= 0.6 is 0 Å². The van der Waals surface area contributed by atoms with E-state index in [1.165, 1.54) is 11.1 Å². The van der Waals surface area contributed by atoms with E-state index in [1.54, 1.807) is 6.08 Å². The third-order valence-corrected chi connectivity index (χ3v) is 4.13. The molecule has 3 heteroatoms. The Balaban J connectivity index is 1.72. The lowest BCUT2D eigenvalue weighted by Crippen LogP contribution is -2.45. The Morgan fingerprint density at radius 1 is 1.00 bits per heavy atom. The summed E-state index contributed by atoms with van der Waals surface area (Å²) in [6.45, 7) is 3.33. The van der Waals surface area contributed by atoms with Crippen LogP contribution < -0.4 is 5.32 Å². The molecule has 0 bridgehead atoms. The van der Waals surface area contributed by atoms with E-state index < -0.39 is 0 Å². The Bertz CT molecular complexity index is 673. The Morgan fingerprint density at radius 3 is 2.48 bits per heavy atom. The summed E-state index contributed by atoms with van der Waals surface area (Å²) in [6.07, 6.45) is 4.53. The largest absolute Gasteiger partial charge is 0.337 e. The highest BCUT2D eigenvalue weighted by Gasteiger charge is 2.13. The predicted octanol–water partition coefficient (Wildman–Crippen LogP) is 2.72. The van der Waals surface area contributed by atoms with Crippen molar-refractivity contribution in [2.45, 2.75) is 6.42 Å². The maximum absolute atomic E-state index is 12.3. The first-order chi connectivity index (χ1) is 11.3. The number of nitrogens with one attached hydrogen (secondary N) is 1. The third-order valence-electron chi connectivity index (χ3n) is 4.13. The van der Waals surface area contributed by atoms with Crippen LogP contribution in [0, 0.1) is 0 Å². The molecule has 0 radical (unpaired) electrons. The molecule has 1 fully saturated rings. The van der Waals surface area contributed by atoms with E-state index in [2.05, 4.69) is 41.7 Å². The summed E-state index contributed by atoms with van der Waals surface area (Å²) in [5.41, 5.74) is 3.63. The Kier molecular flexibility index (Phi) is 5.22. The second-order valence-corrected chi connectivity index (χ2v) is 5.77. The molecule has 0 aliphatic carbocycles. The van der Waals surface area contributed by atoms with Crippen molar-refractivity contribution in [3.63, 3.8) is 0 Å². The molecule has 1 aliphatic rings. The molecule has 2 aromatic carbocycles. The summed E-state index contributed by atoms with van der Waals surface area (Å²) in [6, 6.07) is 18.7. The van der Waals surface area contributed by atoms with E-state index >= 15 is 0 Å². The summed E-state index contributed by atoms with van der Waals surface area (Å²) in [5.74, 6) is 0.0982. The van der Waals surface area contributed by atoms with Gasteiger partial charge in [0.25, 0.3) is 0 Å². The standard InChI is InChI=1S/C20H22N2O/c23-20(22-14-12-21-13-15-22)11-10-18-8-4-5-9-19(18)16-17-6-2-1-3-7-17/h1-11,21H,12-16H2/b11-10+. The van der Waals surface area contributed by atoms with Crippen LogP contribution in [-0.4, -0.2) is 37.0 Å². The lowest BCUT2D eigenvalue weighted by molar-refractivity contribution is -0.126. The Hall–Kier alpha value is -2.39. The molecule has 2 aromatic rings. The Labute approximate surface area is 137 Å². The molecule has 1 amide bonds. The zero-order valence-electron chi connectivity index (χ0n) is 13.2. The van der Waals surface area contributed by atoms with Gasteiger partial charge in [-0.3, -0.25) is 4.79 Å². The Morgan fingerprint density at radius 2 is 1.70 bits per heavy atom. The fourth-order valence-electron chi connectivity index (χ4n) is 2.83. The SMILES string of the molecule is O=C(/C=C/c1ccccc1Cc1ccccc1)N1CCNCC1. The molecule has 23 heavy (non-hydrogen) atoms. The van der Waals surface area contributed by atoms with Crippen molar-refractivity contribution in [2.24, 2.45) is 0 Å². The first kappa shape index (κ1) is 15.5. The van der Waals surface area contributed by atoms with Crippen LogP contribution in [0.2, 0.25) is 0 Å². The average molecular weight is 306 g/mol. The highest BCUT2D eigenvalue weighted by Crippen LogP contribution is 2.16. The van der Waals surface area contributed by atoms with Gasteiger partial charge < -0.3 is 10.2 Å². The lowest BCUT2D eigenvalue weighted by Gasteiger charge is -2.26. The molecular formula is C20H22N2O. The maximum Gasteiger partial charge on any atom is 0.246 e. The molecule has 0 spiro atoms. The number of piperazine rings is 1. The molecule has 1 N–H and O–H groups in total. The van der Waals surface area contributed by atoms with Gasteiger partial charge >= 0.3 is 0 Å². The number of hydrogen-bond acceptors (Lipinski definition) is 2. The maximum atomic E-state index is 12.3. The minimum atomic E-state index is 0.0982. The normalized spacial score (nSPS) is 15.0. The molecule has 0 atom stereocenters. The smallest absolute Gasteiger partial charge is 0.246 e. The van der Waals surface area contributed by atoms with Crippen LogP contribution in [0.25, 0.3) is 6.08 Å². The zero-order valence-corrected chi connectivity index (χ0v) is 13.2. The van der Waals surface area contributed by atoms with E-state index in [0.717, 1.165) is 38.2 Å². The summed E-state index contributed by atoms with van der Waals surface area (Å²) < 4.78 is 0. The van der Waals surface area contributed by atoms with Gasteiger partial charge in [-0.1, -0.05) is 54.6 Å². The van der Waals surface area contributed by atoms with E-state index in [1.807, 2.05) is 29.2 Å². The van der Waals surface area contributed by atoms with Gasteiger partial charge in [0.2, 0.25) is 5.91 Å². The van der Waals surface area contributed by atoms with Gasteiger partial charge in [0.1, 0.15) is 0 Å². The summed E-state index contributed by atoms with van der Waals surface area (Å²) >= 11 is 0. The number of carbonyl (C=O) groups excluding carboxylic acids is 1. The van der Waals surface area contributed by atoms with E-state index in [-0.39, 0.29) is 5.91 Å². The first-order valence-electron chi connectivity index (χ1n) is 8.12. The lowest BCUT2D eigenvalue weighted by atomic mass is 9.99. The quantitative estimate of drug-likeness (QED) is 0.881. The molecule has 118 valence electrons. The van der Waals surface area contributed by atoms with Crippen molar-refractivity contribution in [2.75, 3.05) is 26.2 Å². The second kappa shape index (κ2) is 7.75. The molecule has 3 rings (SSSR count). The van der Waals surface area contributed by atoms with Crippen LogP contribution in [0.4, 0.5) is 0 Å². The number of carbonyl (C=O) groups is 1. The molecule has 0 aromatic heterocycles. The second-order valence-electron chi connectivity index (χ2n) is 5.77. The van der Waals surface area contributed by atoms with Gasteiger partial charge in [-0.2, -0.15) is 0 Å². The van der Waals surface area contributed by atoms with Crippen LogP contribution in [0.3, 0.4) is 0 Å². The van der Waals surface area contributed by atoms with Crippen LogP contribution in [0.1, 0.15) is 16.7 Å².